The van der Waals surface area contributed by atoms with Crippen molar-refractivity contribution in [2.75, 3.05) is 27.2 Å². The van der Waals surface area contributed by atoms with E-state index in [2.05, 4.69) is 40.0 Å². The van der Waals surface area contributed by atoms with E-state index in [0.29, 0.717) is 12.1 Å². The van der Waals surface area contributed by atoms with E-state index in [-0.39, 0.29) is 29.9 Å². The lowest BCUT2D eigenvalue weighted by atomic mass is 10.1. The Bertz CT molecular complexity index is 811. The largest absolute Gasteiger partial charge is 0.494 e. The minimum Gasteiger partial charge on any atom is -0.494 e. The Hall–Kier alpha value is -2.29. The third-order valence-electron chi connectivity index (χ3n) is 4.47. The lowest BCUT2D eigenvalue weighted by molar-refractivity contribution is 0.0963. The first-order valence-corrected chi connectivity index (χ1v) is 10.1. The van der Waals surface area contributed by atoms with E-state index in [1.54, 1.807) is 14.1 Å². The summed E-state index contributed by atoms with van der Waals surface area (Å²) in [4.78, 5) is 16.0. The quantitative estimate of drug-likeness (QED) is 0.192. The molecule has 3 N–H and O–H groups in total. The van der Waals surface area contributed by atoms with E-state index in [9.17, 15) is 4.79 Å². The van der Waals surface area contributed by atoms with Crippen molar-refractivity contribution >= 4 is 35.8 Å². The van der Waals surface area contributed by atoms with Crippen molar-refractivity contribution in [2.24, 2.45) is 4.99 Å². The average Bonchev–Trinajstić information content (AvgIpc) is 2.76. The zero-order valence-corrected chi connectivity index (χ0v) is 20.4. The minimum atomic E-state index is -0.0711. The highest BCUT2D eigenvalue weighted by molar-refractivity contribution is 14.0. The molecule has 2 aromatic rings. The Balaban J connectivity index is 0.00000450. The number of hydrogen-bond donors (Lipinski definition) is 3. The van der Waals surface area contributed by atoms with Gasteiger partial charge in [-0.3, -0.25) is 9.79 Å². The normalized spacial score (nSPS) is 10.7. The fourth-order valence-corrected chi connectivity index (χ4v) is 2.82. The number of nitrogens with zero attached hydrogens (tertiary/aromatic N) is 1. The number of rotatable bonds is 10. The van der Waals surface area contributed by atoms with Gasteiger partial charge >= 0.3 is 0 Å². The average molecular weight is 524 g/mol. The molecule has 30 heavy (non-hydrogen) atoms. The molecule has 0 bridgehead atoms. The molecule has 6 nitrogen and oxygen atoms in total. The van der Waals surface area contributed by atoms with Gasteiger partial charge in [-0.1, -0.05) is 37.6 Å². The van der Waals surface area contributed by atoms with Crippen molar-refractivity contribution in [3.05, 3.63) is 65.2 Å². The number of nitrogens with one attached hydrogen (secondary N) is 3. The summed E-state index contributed by atoms with van der Waals surface area (Å²) in [6.45, 7) is 4.28. The Kier molecular flexibility index (Phi) is 12.6. The van der Waals surface area contributed by atoms with Gasteiger partial charge in [0, 0.05) is 32.7 Å². The fourth-order valence-electron chi connectivity index (χ4n) is 2.82. The molecule has 2 rings (SSSR count). The van der Waals surface area contributed by atoms with Gasteiger partial charge in [-0.2, -0.15) is 0 Å². The van der Waals surface area contributed by atoms with Crippen LogP contribution in [0.4, 0.5) is 0 Å². The predicted molar refractivity (Wildman–Crippen MR) is 134 cm³/mol. The van der Waals surface area contributed by atoms with Gasteiger partial charge in [0.1, 0.15) is 5.75 Å². The van der Waals surface area contributed by atoms with Crippen LogP contribution < -0.4 is 20.7 Å². The molecule has 0 fully saturated rings. The van der Waals surface area contributed by atoms with E-state index in [1.165, 1.54) is 0 Å². The van der Waals surface area contributed by atoms with Gasteiger partial charge in [0.25, 0.3) is 5.91 Å². The molecule has 0 unspecified atom stereocenters. The van der Waals surface area contributed by atoms with Crippen molar-refractivity contribution in [1.82, 2.24) is 16.0 Å². The van der Waals surface area contributed by atoms with Crippen LogP contribution in [0.2, 0.25) is 0 Å². The molecule has 1 amide bonds. The number of carbonyl (C=O) groups is 1. The lowest BCUT2D eigenvalue weighted by Crippen LogP contribution is -2.37. The Morgan fingerprint density at radius 1 is 1.07 bits per heavy atom. The summed E-state index contributed by atoms with van der Waals surface area (Å²) in [6, 6.07) is 15.8. The second kappa shape index (κ2) is 14.7. The molecule has 0 atom stereocenters. The lowest BCUT2D eigenvalue weighted by Gasteiger charge is -2.13. The number of hydrogen-bond acceptors (Lipinski definition) is 3. The minimum absolute atomic E-state index is 0. The Labute approximate surface area is 196 Å². The Morgan fingerprint density at radius 2 is 1.83 bits per heavy atom. The molecule has 0 saturated heterocycles. The molecular formula is C23H33IN4O2. The Morgan fingerprint density at radius 3 is 2.57 bits per heavy atom. The molecule has 0 aliphatic heterocycles. The van der Waals surface area contributed by atoms with Crippen molar-refractivity contribution in [2.45, 2.75) is 32.7 Å². The van der Waals surface area contributed by atoms with E-state index in [4.69, 9.17) is 4.74 Å². The van der Waals surface area contributed by atoms with E-state index in [0.717, 1.165) is 55.3 Å². The maximum atomic E-state index is 11.7. The smallest absolute Gasteiger partial charge is 0.251 e. The highest BCUT2D eigenvalue weighted by Crippen LogP contribution is 2.13. The van der Waals surface area contributed by atoms with E-state index in [1.807, 2.05) is 36.4 Å². The number of aliphatic imine (C=N–C) groups is 1. The van der Waals surface area contributed by atoms with Gasteiger partial charge in [0.2, 0.25) is 0 Å². The molecule has 0 aliphatic rings. The summed E-state index contributed by atoms with van der Waals surface area (Å²) >= 11 is 0. The number of halogens is 1. The van der Waals surface area contributed by atoms with E-state index >= 15 is 0 Å². The van der Waals surface area contributed by atoms with Crippen molar-refractivity contribution in [3.63, 3.8) is 0 Å². The zero-order chi connectivity index (χ0) is 20.9. The van der Waals surface area contributed by atoms with Gasteiger partial charge in [0.15, 0.2) is 5.96 Å². The molecule has 7 heteroatoms. The highest BCUT2D eigenvalue weighted by atomic mass is 127. The second-order valence-electron chi connectivity index (χ2n) is 6.73. The van der Waals surface area contributed by atoms with Gasteiger partial charge in [-0.25, -0.2) is 0 Å². The van der Waals surface area contributed by atoms with Crippen LogP contribution >= 0.6 is 24.0 Å². The van der Waals surface area contributed by atoms with Crippen LogP contribution in [0.25, 0.3) is 0 Å². The molecule has 0 spiro atoms. The van der Waals surface area contributed by atoms with Gasteiger partial charge in [0.05, 0.1) is 6.61 Å². The topological polar surface area (TPSA) is 74.8 Å². The first-order chi connectivity index (χ1) is 14.2. The van der Waals surface area contributed by atoms with Crippen LogP contribution in [-0.2, 0) is 13.0 Å². The summed E-state index contributed by atoms with van der Waals surface area (Å²) in [5.41, 5.74) is 2.92. The van der Waals surface area contributed by atoms with Gasteiger partial charge < -0.3 is 20.7 Å². The molecule has 164 valence electrons. The summed E-state index contributed by atoms with van der Waals surface area (Å²) in [6.07, 6.45) is 2.98. The SMILES string of the molecule is CCCCOc1cccc(CNC(=NC)NCCc2cccc(C(=O)NC)c2)c1.I. The standard InChI is InChI=1S/C23H32N4O2.HI/c1-4-5-14-29-21-11-7-9-19(16-21)17-27-23(25-3)26-13-12-18-8-6-10-20(15-18)22(28)24-2;/h6-11,15-16H,4-5,12-14,17H2,1-3H3,(H,24,28)(H2,25,26,27);1H. The van der Waals surface area contributed by atoms with Crippen molar-refractivity contribution in [3.8, 4) is 5.75 Å². The van der Waals surface area contributed by atoms with Gasteiger partial charge in [-0.15, -0.1) is 24.0 Å². The highest BCUT2D eigenvalue weighted by Gasteiger charge is 2.04. The summed E-state index contributed by atoms with van der Waals surface area (Å²) < 4.78 is 5.77. The first kappa shape index (κ1) is 25.7. The summed E-state index contributed by atoms with van der Waals surface area (Å²) in [7, 11) is 3.39. The first-order valence-electron chi connectivity index (χ1n) is 10.1. The maximum Gasteiger partial charge on any atom is 0.251 e. The van der Waals surface area contributed by atoms with Crippen molar-refractivity contribution in [1.29, 1.82) is 0 Å². The van der Waals surface area contributed by atoms with Crippen LogP contribution in [0.5, 0.6) is 5.75 Å². The maximum absolute atomic E-state index is 11.7. The number of unbranched alkanes of at least 4 members (excludes halogenated alkanes) is 1. The summed E-state index contributed by atoms with van der Waals surface area (Å²) in [5, 5.41) is 9.29. The zero-order valence-electron chi connectivity index (χ0n) is 18.0. The molecule has 0 heterocycles. The monoisotopic (exact) mass is 524 g/mol. The third kappa shape index (κ3) is 9.02. The molecule has 0 saturated carbocycles. The predicted octanol–water partition coefficient (Wildman–Crippen LogP) is 3.75. The third-order valence-corrected chi connectivity index (χ3v) is 4.47. The number of benzene rings is 2. The van der Waals surface area contributed by atoms with Crippen LogP contribution in [0.1, 0.15) is 41.3 Å². The number of guanidine groups is 1. The molecule has 0 aromatic heterocycles. The van der Waals surface area contributed by atoms with Crippen LogP contribution in [-0.4, -0.2) is 39.1 Å². The molecule has 2 aromatic carbocycles. The second-order valence-corrected chi connectivity index (χ2v) is 6.73. The fraction of sp³-hybridized carbons (Fsp3) is 0.391. The van der Waals surface area contributed by atoms with Crippen LogP contribution in [0.3, 0.4) is 0 Å². The van der Waals surface area contributed by atoms with E-state index < -0.39 is 0 Å². The number of ether oxygens (including phenoxy) is 1. The summed E-state index contributed by atoms with van der Waals surface area (Å²) in [5.74, 6) is 1.57. The number of carbonyl (C=O) groups excluding carboxylic acids is 1. The molecular weight excluding hydrogens is 491 g/mol. The van der Waals surface area contributed by atoms with Crippen LogP contribution in [0.15, 0.2) is 53.5 Å². The number of amides is 1. The van der Waals surface area contributed by atoms with Crippen LogP contribution in [0, 0.1) is 0 Å². The molecule has 0 aliphatic carbocycles. The van der Waals surface area contributed by atoms with Crippen molar-refractivity contribution < 1.29 is 9.53 Å². The molecule has 0 radical (unpaired) electrons. The van der Waals surface area contributed by atoms with Gasteiger partial charge in [-0.05, 0) is 48.2 Å².